The summed E-state index contributed by atoms with van der Waals surface area (Å²) in [4.78, 5) is 17.4. The molecule has 0 aliphatic carbocycles. The van der Waals surface area contributed by atoms with Crippen LogP contribution in [0.5, 0.6) is 11.5 Å². The molecule has 0 fully saturated rings. The van der Waals surface area contributed by atoms with E-state index in [-0.39, 0.29) is 11.3 Å². The molecule has 0 aliphatic rings. The Morgan fingerprint density at radius 3 is 2.52 bits per heavy atom. The maximum atomic E-state index is 12.5. The molecule has 0 atom stereocenters. The molecule has 1 aromatic heterocycles. The van der Waals surface area contributed by atoms with Crippen LogP contribution in [0.15, 0.2) is 46.3 Å². The number of H-pyrrole nitrogens is 1. The molecule has 1 heterocycles. The summed E-state index contributed by atoms with van der Waals surface area (Å²) < 4.78 is 11.3. The van der Waals surface area contributed by atoms with E-state index >= 15 is 0 Å². The van der Waals surface area contributed by atoms with Gasteiger partial charge in [0.15, 0.2) is 5.75 Å². The Morgan fingerprint density at radius 1 is 1.15 bits per heavy atom. The summed E-state index contributed by atoms with van der Waals surface area (Å²) in [6, 6.07) is 5.85. The van der Waals surface area contributed by atoms with Crippen LogP contribution in [0.2, 0.25) is 0 Å². The number of allylic oxidation sites excluding steroid dienone is 3. The van der Waals surface area contributed by atoms with Crippen LogP contribution in [-0.2, 0) is 0 Å². The Morgan fingerprint density at radius 2 is 1.89 bits per heavy atom. The number of ether oxygens (including phenoxy) is 2. The highest BCUT2D eigenvalue weighted by molar-refractivity contribution is 5.89. The Labute approximate surface area is 161 Å². The second-order valence-corrected chi connectivity index (χ2v) is 7.12. The van der Waals surface area contributed by atoms with Crippen LogP contribution >= 0.6 is 0 Å². The molecule has 0 amide bonds. The van der Waals surface area contributed by atoms with E-state index in [0.29, 0.717) is 12.4 Å². The van der Waals surface area contributed by atoms with E-state index in [0.717, 1.165) is 29.4 Å². The van der Waals surface area contributed by atoms with E-state index < -0.39 is 0 Å². The van der Waals surface area contributed by atoms with E-state index in [2.05, 4.69) is 31.8 Å². The van der Waals surface area contributed by atoms with Crippen molar-refractivity contribution in [1.82, 2.24) is 4.98 Å². The molecule has 2 rings (SSSR count). The van der Waals surface area contributed by atoms with Crippen LogP contribution in [0, 0.1) is 0 Å². The van der Waals surface area contributed by atoms with E-state index in [1.807, 2.05) is 43.3 Å². The number of nitrogens with zero attached hydrogens (tertiary/aromatic N) is 1. The maximum absolute atomic E-state index is 12.5. The van der Waals surface area contributed by atoms with E-state index in [4.69, 9.17) is 9.47 Å². The van der Waals surface area contributed by atoms with Gasteiger partial charge in [-0.1, -0.05) is 17.2 Å². The number of rotatable bonds is 8. The molecule has 0 spiro atoms. The van der Waals surface area contributed by atoms with Crippen molar-refractivity contribution >= 4 is 16.6 Å². The number of nitrogens with one attached hydrogen (secondary N) is 1. The van der Waals surface area contributed by atoms with Crippen LogP contribution in [0.4, 0.5) is 5.69 Å². The van der Waals surface area contributed by atoms with Gasteiger partial charge in [0.05, 0.1) is 12.6 Å². The Kier molecular flexibility index (Phi) is 7.11. The normalized spacial score (nSPS) is 11.4. The molecule has 0 aliphatic heterocycles. The van der Waals surface area contributed by atoms with Crippen LogP contribution in [0.3, 0.4) is 0 Å². The van der Waals surface area contributed by atoms with Crippen molar-refractivity contribution in [3.63, 3.8) is 0 Å². The Bertz CT molecular complexity index is 904. The molecule has 0 unspecified atom stereocenters. The standard InChI is InChI=1S/C22H30N2O3/c1-15(2)8-7-9-16(3)12-13-27-21-20(26-6)18-11-10-17(24(4)5)14-19(18)23-22(21)25/h8,10-12,14H,7,9,13H2,1-6H3,(H,23,25). The van der Waals surface area contributed by atoms with Gasteiger partial charge in [0.25, 0.3) is 5.56 Å². The highest BCUT2D eigenvalue weighted by Crippen LogP contribution is 2.33. The number of anilines is 1. The summed E-state index contributed by atoms with van der Waals surface area (Å²) in [5.74, 6) is 0.686. The highest BCUT2D eigenvalue weighted by Gasteiger charge is 2.15. The number of hydrogen-bond acceptors (Lipinski definition) is 4. The number of aromatic nitrogens is 1. The van der Waals surface area contributed by atoms with Gasteiger partial charge in [-0.15, -0.1) is 0 Å². The van der Waals surface area contributed by atoms with Gasteiger partial charge in [-0.3, -0.25) is 4.79 Å². The molecule has 146 valence electrons. The summed E-state index contributed by atoms with van der Waals surface area (Å²) in [6.07, 6.45) is 6.22. The summed E-state index contributed by atoms with van der Waals surface area (Å²) in [7, 11) is 5.47. The molecule has 0 radical (unpaired) electrons. The minimum Gasteiger partial charge on any atom is -0.492 e. The van der Waals surface area contributed by atoms with Crippen molar-refractivity contribution in [2.24, 2.45) is 0 Å². The molecule has 0 bridgehead atoms. The SMILES string of the molecule is COc1c(OCC=C(C)CCC=C(C)C)c(=O)[nH]c2cc(N(C)C)ccc12. The van der Waals surface area contributed by atoms with Crippen LogP contribution in [-0.4, -0.2) is 32.8 Å². The van der Waals surface area contributed by atoms with Gasteiger partial charge in [0.2, 0.25) is 5.75 Å². The largest absolute Gasteiger partial charge is 0.492 e. The first-order valence-electron chi connectivity index (χ1n) is 9.16. The molecule has 1 N–H and O–H groups in total. The van der Waals surface area contributed by atoms with Gasteiger partial charge in [0, 0.05) is 25.2 Å². The quantitative estimate of drug-likeness (QED) is 0.686. The molecule has 2 aromatic rings. The maximum Gasteiger partial charge on any atom is 0.294 e. The topological polar surface area (TPSA) is 54.6 Å². The molecule has 1 aromatic carbocycles. The van der Waals surface area contributed by atoms with Crippen LogP contribution in [0.1, 0.15) is 33.6 Å². The zero-order valence-electron chi connectivity index (χ0n) is 17.2. The van der Waals surface area contributed by atoms with Crippen molar-refractivity contribution in [3.05, 3.63) is 51.9 Å². The smallest absolute Gasteiger partial charge is 0.294 e. The van der Waals surface area contributed by atoms with Gasteiger partial charge in [-0.2, -0.15) is 0 Å². The van der Waals surface area contributed by atoms with Gasteiger partial charge in [0.1, 0.15) is 6.61 Å². The third-order valence-electron chi connectivity index (χ3n) is 4.38. The number of hydrogen-bond donors (Lipinski definition) is 1. The number of pyridine rings is 1. The van der Waals surface area contributed by atoms with Gasteiger partial charge >= 0.3 is 0 Å². The lowest BCUT2D eigenvalue weighted by atomic mass is 10.1. The predicted octanol–water partition coefficient (Wildman–Crippen LogP) is 4.67. The number of benzene rings is 1. The third kappa shape index (κ3) is 5.39. The second kappa shape index (κ2) is 9.31. The molecule has 0 saturated carbocycles. The molecule has 0 saturated heterocycles. The van der Waals surface area contributed by atoms with Crippen molar-refractivity contribution < 1.29 is 9.47 Å². The van der Waals surface area contributed by atoms with Gasteiger partial charge < -0.3 is 19.4 Å². The molecular weight excluding hydrogens is 340 g/mol. The molecular formula is C22H30N2O3. The van der Waals surface area contributed by atoms with E-state index in [1.54, 1.807) is 7.11 Å². The first-order chi connectivity index (χ1) is 12.8. The lowest BCUT2D eigenvalue weighted by molar-refractivity contribution is 0.323. The van der Waals surface area contributed by atoms with Crippen LogP contribution in [0.25, 0.3) is 10.9 Å². The van der Waals surface area contributed by atoms with Crippen molar-refractivity contribution in [3.8, 4) is 11.5 Å². The summed E-state index contributed by atoms with van der Waals surface area (Å²) >= 11 is 0. The second-order valence-electron chi connectivity index (χ2n) is 7.12. The number of fused-ring (bicyclic) bond motifs is 1. The first-order valence-corrected chi connectivity index (χ1v) is 9.16. The minimum atomic E-state index is -0.286. The fourth-order valence-electron chi connectivity index (χ4n) is 2.81. The fraction of sp³-hybridized carbons (Fsp3) is 0.409. The molecule has 27 heavy (non-hydrogen) atoms. The van der Waals surface area contributed by atoms with Crippen molar-refractivity contribution in [2.45, 2.75) is 33.6 Å². The van der Waals surface area contributed by atoms with Gasteiger partial charge in [-0.05, 0) is 57.9 Å². The Balaban J connectivity index is 2.23. The molecule has 5 heteroatoms. The zero-order valence-corrected chi connectivity index (χ0v) is 17.2. The van der Waals surface area contributed by atoms with Gasteiger partial charge in [-0.25, -0.2) is 0 Å². The zero-order chi connectivity index (χ0) is 20.0. The first kappa shape index (κ1) is 20.6. The lowest BCUT2D eigenvalue weighted by Crippen LogP contribution is -2.14. The number of aromatic amines is 1. The fourth-order valence-corrected chi connectivity index (χ4v) is 2.81. The van der Waals surface area contributed by atoms with E-state index in [9.17, 15) is 4.79 Å². The predicted molar refractivity (Wildman–Crippen MR) is 113 cm³/mol. The third-order valence-corrected chi connectivity index (χ3v) is 4.38. The Hall–Kier alpha value is -2.69. The van der Waals surface area contributed by atoms with Crippen LogP contribution < -0.4 is 19.9 Å². The minimum absolute atomic E-state index is 0.218. The van der Waals surface area contributed by atoms with Crippen molar-refractivity contribution in [2.75, 3.05) is 32.7 Å². The summed E-state index contributed by atoms with van der Waals surface area (Å²) in [6.45, 7) is 6.61. The average molecular weight is 370 g/mol. The summed E-state index contributed by atoms with van der Waals surface area (Å²) in [5, 5.41) is 0.821. The average Bonchev–Trinajstić information content (AvgIpc) is 2.61. The van der Waals surface area contributed by atoms with E-state index in [1.165, 1.54) is 11.1 Å². The summed E-state index contributed by atoms with van der Waals surface area (Å²) in [5.41, 5.74) is 4.00. The monoisotopic (exact) mass is 370 g/mol. The number of methoxy groups -OCH3 is 1. The molecule has 5 nitrogen and oxygen atoms in total. The lowest BCUT2D eigenvalue weighted by Gasteiger charge is -2.15. The highest BCUT2D eigenvalue weighted by atomic mass is 16.5. The van der Waals surface area contributed by atoms with Crippen molar-refractivity contribution in [1.29, 1.82) is 0 Å².